The number of methoxy groups -OCH3 is 2. The number of carbonyl (C=O) groups excluding carboxylic acids is 1. The van der Waals surface area contributed by atoms with Crippen LogP contribution in [-0.2, 0) is 4.79 Å². The van der Waals surface area contributed by atoms with E-state index in [0.29, 0.717) is 19.4 Å². The molecule has 2 rings (SSSR count). The van der Waals surface area contributed by atoms with Gasteiger partial charge in [0.25, 0.3) is 5.91 Å². The lowest BCUT2D eigenvalue weighted by atomic mass is 10.1. The molecule has 1 aromatic carbocycles. The Morgan fingerprint density at radius 1 is 1.29 bits per heavy atom. The Hall–Kier alpha value is -2.31. The van der Waals surface area contributed by atoms with Gasteiger partial charge in [-0.1, -0.05) is 0 Å². The highest BCUT2D eigenvalue weighted by Gasteiger charge is 2.35. The molecule has 1 aliphatic rings. The number of amides is 1. The predicted molar refractivity (Wildman–Crippen MR) is 71.2 cm³/mol. The topological polar surface area (TPSA) is 76.1 Å². The highest BCUT2D eigenvalue weighted by atomic mass is 19.1. The minimum absolute atomic E-state index is 0.169. The van der Waals surface area contributed by atoms with Crippen LogP contribution in [0.3, 0.4) is 0 Å². The van der Waals surface area contributed by atoms with Crippen molar-refractivity contribution in [3.8, 4) is 11.5 Å². The predicted octanol–water partition coefficient (Wildman–Crippen LogP) is 1.53. The molecule has 0 aliphatic carbocycles. The van der Waals surface area contributed by atoms with Gasteiger partial charge in [-0.15, -0.1) is 0 Å². The van der Waals surface area contributed by atoms with Crippen LogP contribution in [0.2, 0.25) is 0 Å². The first kappa shape index (κ1) is 15.1. The van der Waals surface area contributed by atoms with E-state index in [1.807, 2.05) is 0 Å². The van der Waals surface area contributed by atoms with Gasteiger partial charge in [0.15, 0.2) is 11.5 Å². The maximum atomic E-state index is 14.1. The minimum atomic E-state index is -1.08. The standard InChI is InChI=1S/C14H16FNO5/c1-20-11-6-8(9(15)7-12(11)21-2)13(17)16-5-3-4-10(16)14(18)19/h6-7,10H,3-5H2,1-2H3,(H,18,19)/t10-/m1/s1. The molecule has 1 atom stereocenters. The van der Waals surface area contributed by atoms with Crippen LogP contribution in [0.25, 0.3) is 0 Å². The Kier molecular flexibility index (Phi) is 4.30. The number of aliphatic carboxylic acids is 1. The first-order chi connectivity index (χ1) is 9.99. The van der Waals surface area contributed by atoms with Crippen LogP contribution in [0.15, 0.2) is 12.1 Å². The van der Waals surface area contributed by atoms with Crippen LogP contribution in [0.5, 0.6) is 11.5 Å². The number of rotatable bonds is 4. The van der Waals surface area contributed by atoms with Gasteiger partial charge in [-0.25, -0.2) is 9.18 Å². The number of likely N-dealkylation sites (tertiary alicyclic amines) is 1. The summed E-state index contributed by atoms with van der Waals surface area (Å²) in [5, 5.41) is 9.10. The van der Waals surface area contributed by atoms with Crippen molar-refractivity contribution in [3.63, 3.8) is 0 Å². The quantitative estimate of drug-likeness (QED) is 0.912. The van der Waals surface area contributed by atoms with Gasteiger partial charge in [-0.2, -0.15) is 0 Å². The molecular formula is C14H16FNO5. The molecule has 7 heteroatoms. The van der Waals surface area contributed by atoms with Crippen molar-refractivity contribution in [1.29, 1.82) is 0 Å². The van der Waals surface area contributed by atoms with Gasteiger partial charge in [0.1, 0.15) is 11.9 Å². The summed E-state index contributed by atoms with van der Waals surface area (Å²) >= 11 is 0. The van der Waals surface area contributed by atoms with Crippen molar-refractivity contribution in [3.05, 3.63) is 23.5 Å². The summed E-state index contributed by atoms with van der Waals surface area (Å²) in [4.78, 5) is 24.7. The highest BCUT2D eigenvalue weighted by molar-refractivity contribution is 5.97. The normalized spacial score (nSPS) is 17.7. The Balaban J connectivity index is 2.37. The largest absolute Gasteiger partial charge is 0.493 e. The van der Waals surface area contributed by atoms with E-state index in [-0.39, 0.29) is 17.1 Å². The summed E-state index contributed by atoms with van der Waals surface area (Å²) in [6, 6.07) is 1.37. The van der Waals surface area contributed by atoms with Crippen molar-refractivity contribution in [1.82, 2.24) is 4.90 Å². The van der Waals surface area contributed by atoms with Crippen molar-refractivity contribution < 1.29 is 28.6 Å². The smallest absolute Gasteiger partial charge is 0.326 e. The number of carboxylic acids is 1. The third-order valence-corrected chi connectivity index (χ3v) is 3.50. The van der Waals surface area contributed by atoms with Crippen LogP contribution in [0.1, 0.15) is 23.2 Å². The summed E-state index contributed by atoms with van der Waals surface area (Å²) in [7, 11) is 2.74. The Labute approximate surface area is 121 Å². The molecule has 0 unspecified atom stereocenters. The number of ether oxygens (including phenoxy) is 2. The summed E-state index contributed by atoms with van der Waals surface area (Å²) in [6.45, 7) is 0.295. The molecule has 1 aliphatic heterocycles. The molecule has 21 heavy (non-hydrogen) atoms. The third-order valence-electron chi connectivity index (χ3n) is 3.50. The second-order valence-corrected chi connectivity index (χ2v) is 4.68. The SMILES string of the molecule is COc1cc(F)c(C(=O)N2CCC[C@@H]2C(=O)O)cc1OC. The summed E-state index contributed by atoms with van der Waals surface area (Å²) < 4.78 is 24.0. The van der Waals surface area contributed by atoms with E-state index in [9.17, 15) is 14.0 Å². The zero-order valence-corrected chi connectivity index (χ0v) is 11.8. The average Bonchev–Trinajstić information content (AvgIpc) is 2.95. The fraction of sp³-hybridized carbons (Fsp3) is 0.429. The van der Waals surface area contributed by atoms with E-state index < -0.39 is 23.7 Å². The van der Waals surface area contributed by atoms with E-state index in [0.717, 1.165) is 6.07 Å². The van der Waals surface area contributed by atoms with Crippen molar-refractivity contribution in [2.45, 2.75) is 18.9 Å². The summed E-state index contributed by atoms with van der Waals surface area (Å²) in [5.74, 6) is -2.12. The van der Waals surface area contributed by atoms with Crippen LogP contribution in [-0.4, -0.2) is 48.7 Å². The fourth-order valence-electron chi connectivity index (χ4n) is 2.44. The summed E-state index contributed by atoms with van der Waals surface area (Å²) in [5.41, 5.74) is -0.221. The van der Waals surface area contributed by atoms with E-state index in [1.54, 1.807) is 0 Å². The van der Waals surface area contributed by atoms with Crippen LogP contribution in [0, 0.1) is 5.82 Å². The summed E-state index contributed by atoms with van der Waals surface area (Å²) in [6.07, 6.45) is 0.952. The Morgan fingerprint density at radius 3 is 2.48 bits per heavy atom. The second kappa shape index (κ2) is 5.99. The maximum absolute atomic E-state index is 14.1. The fourth-order valence-corrected chi connectivity index (χ4v) is 2.44. The van der Waals surface area contributed by atoms with E-state index in [4.69, 9.17) is 14.6 Å². The Morgan fingerprint density at radius 2 is 1.90 bits per heavy atom. The van der Waals surface area contributed by atoms with E-state index in [2.05, 4.69) is 0 Å². The molecule has 1 heterocycles. The molecule has 0 spiro atoms. The molecule has 1 fully saturated rings. The monoisotopic (exact) mass is 297 g/mol. The molecule has 114 valence electrons. The zero-order chi connectivity index (χ0) is 15.6. The molecule has 1 N–H and O–H groups in total. The van der Waals surface area contributed by atoms with Gasteiger partial charge in [0, 0.05) is 12.6 Å². The molecule has 1 aromatic rings. The lowest BCUT2D eigenvalue weighted by Crippen LogP contribution is -2.40. The average molecular weight is 297 g/mol. The lowest BCUT2D eigenvalue weighted by molar-refractivity contribution is -0.141. The molecule has 0 bridgehead atoms. The number of carboxylic acid groups (broad SMARTS) is 1. The van der Waals surface area contributed by atoms with E-state index in [1.165, 1.54) is 25.2 Å². The number of carbonyl (C=O) groups is 2. The van der Waals surface area contributed by atoms with Crippen molar-refractivity contribution in [2.75, 3.05) is 20.8 Å². The first-order valence-electron chi connectivity index (χ1n) is 6.45. The van der Waals surface area contributed by atoms with Crippen LogP contribution >= 0.6 is 0 Å². The molecule has 0 aromatic heterocycles. The second-order valence-electron chi connectivity index (χ2n) is 4.68. The number of hydrogen-bond donors (Lipinski definition) is 1. The van der Waals surface area contributed by atoms with Gasteiger partial charge in [0.05, 0.1) is 19.8 Å². The van der Waals surface area contributed by atoms with Gasteiger partial charge < -0.3 is 19.5 Å². The first-order valence-corrected chi connectivity index (χ1v) is 6.45. The van der Waals surface area contributed by atoms with E-state index >= 15 is 0 Å². The molecular weight excluding hydrogens is 281 g/mol. The van der Waals surface area contributed by atoms with Gasteiger partial charge in [-0.3, -0.25) is 4.79 Å². The van der Waals surface area contributed by atoms with Crippen molar-refractivity contribution >= 4 is 11.9 Å². The number of nitrogens with zero attached hydrogens (tertiary/aromatic N) is 1. The van der Waals surface area contributed by atoms with Crippen LogP contribution < -0.4 is 9.47 Å². The Bertz CT molecular complexity index is 575. The number of hydrogen-bond acceptors (Lipinski definition) is 4. The van der Waals surface area contributed by atoms with Gasteiger partial charge in [-0.05, 0) is 18.9 Å². The molecule has 6 nitrogen and oxygen atoms in total. The van der Waals surface area contributed by atoms with Gasteiger partial charge in [0.2, 0.25) is 0 Å². The van der Waals surface area contributed by atoms with Crippen molar-refractivity contribution in [2.24, 2.45) is 0 Å². The minimum Gasteiger partial charge on any atom is -0.493 e. The third kappa shape index (κ3) is 2.76. The number of benzene rings is 1. The zero-order valence-electron chi connectivity index (χ0n) is 11.8. The molecule has 1 amide bonds. The highest BCUT2D eigenvalue weighted by Crippen LogP contribution is 2.31. The lowest BCUT2D eigenvalue weighted by Gasteiger charge is -2.22. The maximum Gasteiger partial charge on any atom is 0.326 e. The molecule has 0 radical (unpaired) electrons. The number of halogens is 1. The molecule has 1 saturated heterocycles. The molecule has 0 saturated carbocycles. The van der Waals surface area contributed by atoms with Crippen LogP contribution in [0.4, 0.5) is 4.39 Å². The van der Waals surface area contributed by atoms with Gasteiger partial charge >= 0.3 is 5.97 Å².